The second kappa shape index (κ2) is 3.33. The first-order valence-corrected chi connectivity index (χ1v) is 6.06. The molecule has 0 spiro atoms. The van der Waals surface area contributed by atoms with E-state index in [2.05, 4.69) is 19.9 Å². The van der Waals surface area contributed by atoms with Crippen LogP contribution in [-0.4, -0.2) is 25.9 Å². The van der Waals surface area contributed by atoms with E-state index in [1.54, 1.807) is 5.57 Å². The maximum atomic E-state index is 5.69. The van der Waals surface area contributed by atoms with Crippen molar-refractivity contribution in [1.82, 2.24) is 0 Å². The Morgan fingerprint density at radius 2 is 2.33 bits per heavy atom. The van der Waals surface area contributed by atoms with Crippen molar-refractivity contribution in [2.24, 2.45) is 17.3 Å². The van der Waals surface area contributed by atoms with Crippen molar-refractivity contribution < 1.29 is 9.47 Å². The Morgan fingerprint density at radius 1 is 1.53 bits per heavy atom. The minimum atomic E-state index is 0.399. The standard InChI is InChI=1S/C13H20O2/c1-13(2)10-4-3-9(12(13)5-10)6-14-7-11-8-15-11/h3,10-12H,4-8H2,1-2H3/t10-,11-,12-/m1/s1. The second-order valence-electron chi connectivity index (χ2n) is 5.79. The summed E-state index contributed by atoms with van der Waals surface area (Å²) in [6, 6.07) is 0. The summed E-state index contributed by atoms with van der Waals surface area (Å²) in [7, 11) is 0. The first-order chi connectivity index (χ1) is 7.18. The molecule has 0 aromatic heterocycles. The molecule has 0 radical (unpaired) electrons. The highest BCUT2D eigenvalue weighted by Gasteiger charge is 2.50. The zero-order valence-corrected chi connectivity index (χ0v) is 9.66. The molecule has 0 amide bonds. The van der Waals surface area contributed by atoms with Crippen molar-refractivity contribution in [1.29, 1.82) is 0 Å². The van der Waals surface area contributed by atoms with E-state index < -0.39 is 0 Å². The van der Waals surface area contributed by atoms with Crippen molar-refractivity contribution in [3.63, 3.8) is 0 Å². The van der Waals surface area contributed by atoms with Crippen molar-refractivity contribution >= 4 is 0 Å². The molecule has 0 aromatic rings. The van der Waals surface area contributed by atoms with Crippen molar-refractivity contribution in [2.75, 3.05) is 19.8 Å². The fraction of sp³-hybridized carbons (Fsp3) is 0.846. The Labute approximate surface area is 91.6 Å². The van der Waals surface area contributed by atoms with Gasteiger partial charge in [-0.3, -0.25) is 0 Å². The van der Waals surface area contributed by atoms with Crippen LogP contribution in [-0.2, 0) is 9.47 Å². The van der Waals surface area contributed by atoms with Crippen LogP contribution >= 0.6 is 0 Å². The molecule has 84 valence electrons. The highest BCUT2D eigenvalue weighted by atomic mass is 16.6. The molecule has 1 saturated carbocycles. The molecule has 1 heterocycles. The average molecular weight is 208 g/mol. The van der Waals surface area contributed by atoms with Gasteiger partial charge < -0.3 is 9.47 Å². The topological polar surface area (TPSA) is 21.8 Å². The predicted octanol–water partition coefficient (Wildman–Crippen LogP) is 2.39. The normalized spacial score (nSPS) is 40.7. The van der Waals surface area contributed by atoms with Crippen molar-refractivity contribution in [2.45, 2.75) is 32.8 Å². The molecule has 2 bridgehead atoms. The van der Waals surface area contributed by atoms with Crippen LogP contribution in [0.2, 0.25) is 0 Å². The number of epoxide rings is 1. The summed E-state index contributed by atoms with van der Waals surface area (Å²) in [6.45, 7) is 7.33. The molecule has 4 rings (SSSR count). The third-order valence-electron chi connectivity index (χ3n) is 4.56. The minimum absolute atomic E-state index is 0.399. The molecule has 2 fully saturated rings. The van der Waals surface area contributed by atoms with Crippen LogP contribution in [0.25, 0.3) is 0 Å². The Hall–Kier alpha value is -0.340. The Morgan fingerprint density at radius 3 is 2.93 bits per heavy atom. The molecule has 15 heavy (non-hydrogen) atoms. The van der Waals surface area contributed by atoms with E-state index in [9.17, 15) is 0 Å². The summed E-state index contributed by atoms with van der Waals surface area (Å²) in [5, 5.41) is 0. The molecule has 0 N–H and O–H groups in total. The monoisotopic (exact) mass is 208 g/mol. The molecule has 0 unspecified atom stereocenters. The molecule has 1 saturated heterocycles. The van der Waals surface area contributed by atoms with E-state index in [4.69, 9.17) is 9.47 Å². The van der Waals surface area contributed by atoms with E-state index in [-0.39, 0.29) is 0 Å². The Bertz CT molecular complexity index is 289. The van der Waals surface area contributed by atoms with Gasteiger partial charge in [-0.1, -0.05) is 19.9 Å². The van der Waals surface area contributed by atoms with Gasteiger partial charge in [0.1, 0.15) is 6.10 Å². The SMILES string of the molecule is CC1(C)[C@@H]2CC=C(COC[C@@H]3CO3)[C@H]1C2. The van der Waals surface area contributed by atoms with Gasteiger partial charge in [-0.25, -0.2) is 0 Å². The van der Waals surface area contributed by atoms with Crippen molar-refractivity contribution in [3.8, 4) is 0 Å². The van der Waals surface area contributed by atoms with Crippen LogP contribution in [0.4, 0.5) is 0 Å². The maximum Gasteiger partial charge on any atom is 0.104 e. The summed E-state index contributed by atoms with van der Waals surface area (Å²) < 4.78 is 10.8. The van der Waals surface area contributed by atoms with E-state index in [1.807, 2.05) is 0 Å². The van der Waals surface area contributed by atoms with Crippen LogP contribution < -0.4 is 0 Å². The number of hydrogen-bond donors (Lipinski definition) is 0. The zero-order chi connectivity index (χ0) is 10.5. The van der Waals surface area contributed by atoms with Crippen molar-refractivity contribution in [3.05, 3.63) is 11.6 Å². The van der Waals surface area contributed by atoms with Crippen LogP contribution in [0.15, 0.2) is 11.6 Å². The quantitative estimate of drug-likeness (QED) is 0.522. The Balaban J connectivity index is 1.54. The molecule has 1 aliphatic heterocycles. The summed E-state index contributed by atoms with van der Waals surface area (Å²) in [6.07, 6.45) is 5.47. The zero-order valence-electron chi connectivity index (χ0n) is 9.66. The van der Waals surface area contributed by atoms with Crippen LogP contribution in [0.1, 0.15) is 26.7 Å². The molecular formula is C13H20O2. The van der Waals surface area contributed by atoms with Crippen LogP contribution in [0, 0.1) is 17.3 Å². The van der Waals surface area contributed by atoms with E-state index in [1.165, 1.54) is 12.8 Å². The van der Waals surface area contributed by atoms with E-state index in [0.29, 0.717) is 11.5 Å². The lowest BCUT2D eigenvalue weighted by molar-refractivity contribution is -0.0180. The molecule has 2 nitrogen and oxygen atoms in total. The number of hydrogen-bond acceptors (Lipinski definition) is 2. The molecule has 4 aliphatic rings. The maximum absolute atomic E-state index is 5.69. The third-order valence-corrected chi connectivity index (χ3v) is 4.56. The molecule has 0 aromatic carbocycles. The summed E-state index contributed by atoms with van der Waals surface area (Å²) in [5.41, 5.74) is 2.08. The molecule has 2 heteroatoms. The highest BCUT2D eigenvalue weighted by Crippen LogP contribution is 2.59. The first-order valence-electron chi connectivity index (χ1n) is 6.06. The van der Waals surface area contributed by atoms with Gasteiger partial charge in [-0.2, -0.15) is 0 Å². The Kier molecular flexibility index (Phi) is 2.18. The molecule has 3 atom stereocenters. The number of rotatable bonds is 4. The summed E-state index contributed by atoms with van der Waals surface area (Å²) in [5.74, 6) is 1.72. The van der Waals surface area contributed by atoms with Crippen LogP contribution in [0.3, 0.4) is 0 Å². The van der Waals surface area contributed by atoms with Gasteiger partial charge >= 0.3 is 0 Å². The van der Waals surface area contributed by atoms with E-state index >= 15 is 0 Å². The number of ether oxygens (including phenoxy) is 2. The first kappa shape index (κ1) is 9.86. The number of allylic oxidation sites excluding steroid dienone is 1. The minimum Gasteiger partial charge on any atom is -0.374 e. The predicted molar refractivity (Wildman–Crippen MR) is 58.6 cm³/mol. The lowest BCUT2D eigenvalue weighted by atomic mass is 9.49. The fourth-order valence-electron chi connectivity index (χ4n) is 3.11. The van der Waals surface area contributed by atoms with Gasteiger partial charge in [0.2, 0.25) is 0 Å². The van der Waals surface area contributed by atoms with Gasteiger partial charge in [-0.15, -0.1) is 0 Å². The van der Waals surface area contributed by atoms with E-state index in [0.717, 1.165) is 31.7 Å². The van der Waals surface area contributed by atoms with Gasteiger partial charge in [0.15, 0.2) is 0 Å². The highest BCUT2D eigenvalue weighted by molar-refractivity contribution is 5.23. The van der Waals surface area contributed by atoms with Gasteiger partial charge in [-0.05, 0) is 35.7 Å². The smallest absolute Gasteiger partial charge is 0.104 e. The number of fused-ring (bicyclic) bond motifs is 1. The fourth-order valence-corrected chi connectivity index (χ4v) is 3.11. The third kappa shape index (κ3) is 1.64. The second-order valence-corrected chi connectivity index (χ2v) is 5.79. The summed E-state index contributed by atoms with van der Waals surface area (Å²) in [4.78, 5) is 0. The summed E-state index contributed by atoms with van der Waals surface area (Å²) >= 11 is 0. The lowest BCUT2D eigenvalue weighted by Crippen LogP contribution is -2.48. The van der Waals surface area contributed by atoms with Crippen LogP contribution in [0.5, 0.6) is 0 Å². The average Bonchev–Trinajstić information content (AvgIpc) is 3.02. The van der Waals surface area contributed by atoms with Gasteiger partial charge in [0.25, 0.3) is 0 Å². The van der Waals surface area contributed by atoms with Gasteiger partial charge in [0.05, 0.1) is 19.8 Å². The lowest BCUT2D eigenvalue weighted by Gasteiger charge is -2.56. The molecule has 3 aliphatic carbocycles. The van der Waals surface area contributed by atoms with Gasteiger partial charge in [0, 0.05) is 0 Å². The molecular weight excluding hydrogens is 188 g/mol. The largest absolute Gasteiger partial charge is 0.374 e.